The maximum Gasteiger partial charge on any atom is 0.188 e. The molecule has 5 heteroatoms. The summed E-state index contributed by atoms with van der Waals surface area (Å²) in [6.45, 7) is 4.94. The number of aromatic nitrogens is 1. The van der Waals surface area contributed by atoms with Gasteiger partial charge in [-0.1, -0.05) is 6.07 Å². The van der Waals surface area contributed by atoms with Gasteiger partial charge in [0.2, 0.25) is 0 Å². The van der Waals surface area contributed by atoms with Crippen molar-refractivity contribution in [2.45, 2.75) is 25.7 Å². The summed E-state index contributed by atoms with van der Waals surface area (Å²) in [5.41, 5.74) is 3.33. The second-order valence-electron chi connectivity index (χ2n) is 4.05. The zero-order valence-electron chi connectivity index (χ0n) is 9.42. The van der Waals surface area contributed by atoms with Crippen molar-refractivity contribution in [1.82, 2.24) is 10.5 Å². The summed E-state index contributed by atoms with van der Waals surface area (Å²) in [6.07, 6.45) is 1.29. The molecule has 1 aromatic heterocycles. The first-order valence-electron chi connectivity index (χ1n) is 5.22. The number of pyridine rings is 1. The highest BCUT2D eigenvalue weighted by atomic mass is 16.8. The van der Waals surface area contributed by atoms with Gasteiger partial charge >= 0.3 is 0 Å². The zero-order valence-corrected chi connectivity index (χ0v) is 9.42. The van der Waals surface area contributed by atoms with Crippen LogP contribution in [0.25, 0.3) is 0 Å². The third kappa shape index (κ3) is 2.69. The van der Waals surface area contributed by atoms with Crippen molar-refractivity contribution in [3.63, 3.8) is 0 Å². The molecule has 5 nitrogen and oxygen atoms in total. The fraction of sp³-hybridized carbons (Fsp3) is 0.545. The Labute approximate surface area is 94.7 Å². The lowest BCUT2D eigenvalue weighted by Crippen LogP contribution is -2.41. The summed E-state index contributed by atoms with van der Waals surface area (Å²) in [4.78, 5) is 9.45. The van der Waals surface area contributed by atoms with Gasteiger partial charge in [-0.3, -0.25) is 0 Å². The van der Waals surface area contributed by atoms with E-state index in [0.717, 1.165) is 0 Å². The van der Waals surface area contributed by atoms with Crippen LogP contribution in [0.5, 0.6) is 0 Å². The largest absolute Gasteiger partial charge is 0.347 e. The van der Waals surface area contributed by atoms with Crippen LogP contribution in [0.1, 0.15) is 13.8 Å². The van der Waals surface area contributed by atoms with E-state index >= 15 is 0 Å². The zero-order chi connectivity index (χ0) is 11.4. The van der Waals surface area contributed by atoms with Gasteiger partial charge in [0.1, 0.15) is 5.60 Å². The van der Waals surface area contributed by atoms with Crippen molar-refractivity contribution in [2.24, 2.45) is 0 Å². The van der Waals surface area contributed by atoms with E-state index in [2.05, 4.69) is 10.5 Å². The molecule has 87 valence electrons. The van der Waals surface area contributed by atoms with Crippen LogP contribution in [0, 0.1) is 0 Å². The first-order chi connectivity index (χ1) is 7.68. The van der Waals surface area contributed by atoms with Gasteiger partial charge in [0.25, 0.3) is 0 Å². The average molecular weight is 223 g/mol. The van der Waals surface area contributed by atoms with E-state index < -0.39 is 5.60 Å². The van der Waals surface area contributed by atoms with E-state index in [1.807, 2.05) is 26.0 Å². The Balaban J connectivity index is 1.89. The minimum absolute atomic E-state index is 0.375. The SMILES string of the molecule is CC(C)(O[N]c1ccccn1)C1OCCO1. The van der Waals surface area contributed by atoms with E-state index in [-0.39, 0.29) is 6.29 Å². The van der Waals surface area contributed by atoms with Gasteiger partial charge in [0, 0.05) is 6.20 Å². The van der Waals surface area contributed by atoms with Crippen LogP contribution in [-0.4, -0.2) is 30.1 Å². The molecule has 1 aromatic rings. The highest BCUT2D eigenvalue weighted by molar-refractivity contribution is 5.22. The monoisotopic (exact) mass is 223 g/mol. The Morgan fingerprint density at radius 3 is 2.75 bits per heavy atom. The molecular formula is C11H15N2O3. The molecule has 1 saturated heterocycles. The Morgan fingerprint density at radius 1 is 1.38 bits per heavy atom. The summed E-state index contributed by atoms with van der Waals surface area (Å²) < 4.78 is 10.8. The molecule has 0 N–H and O–H groups in total. The molecular weight excluding hydrogens is 208 g/mol. The Kier molecular flexibility index (Phi) is 3.38. The second-order valence-corrected chi connectivity index (χ2v) is 4.05. The maximum atomic E-state index is 5.41. The predicted molar refractivity (Wildman–Crippen MR) is 56.9 cm³/mol. The third-order valence-electron chi connectivity index (χ3n) is 2.21. The molecule has 0 saturated carbocycles. The van der Waals surface area contributed by atoms with Crippen LogP contribution in [-0.2, 0) is 14.3 Å². The Bertz CT molecular complexity index is 323. The first kappa shape index (κ1) is 11.3. The fourth-order valence-electron chi connectivity index (χ4n) is 1.37. The molecule has 0 amide bonds. The van der Waals surface area contributed by atoms with Crippen molar-refractivity contribution in [3.8, 4) is 0 Å². The van der Waals surface area contributed by atoms with Crippen molar-refractivity contribution < 1.29 is 14.3 Å². The molecule has 0 bridgehead atoms. The van der Waals surface area contributed by atoms with Gasteiger partial charge in [0.05, 0.1) is 13.2 Å². The molecule has 0 atom stereocenters. The van der Waals surface area contributed by atoms with Crippen LogP contribution in [0.4, 0.5) is 5.82 Å². The van der Waals surface area contributed by atoms with E-state index in [0.29, 0.717) is 19.0 Å². The highest BCUT2D eigenvalue weighted by Crippen LogP contribution is 2.22. The van der Waals surface area contributed by atoms with Crippen LogP contribution >= 0.6 is 0 Å². The molecule has 16 heavy (non-hydrogen) atoms. The number of ether oxygens (including phenoxy) is 2. The minimum Gasteiger partial charge on any atom is -0.347 e. The van der Waals surface area contributed by atoms with E-state index in [1.54, 1.807) is 12.3 Å². The Morgan fingerprint density at radius 2 is 2.12 bits per heavy atom. The molecule has 2 heterocycles. The summed E-state index contributed by atoms with van der Waals surface area (Å²) in [5, 5.41) is 0. The van der Waals surface area contributed by atoms with Crippen molar-refractivity contribution in [3.05, 3.63) is 24.4 Å². The molecule has 1 aliphatic rings. The molecule has 0 spiro atoms. The van der Waals surface area contributed by atoms with Crippen LogP contribution in [0.3, 0.4) is 0 Å². The summed E-state index contributed by atoms with van der Waals surface area (Å²) in [5.74, 6) is 0.536. The normalized spacial score (nSPS) is 17.6. The molecule has 0 aliphatic carbocycles. The summed E-state index contributed by atoms with van der Waals surface area (Å²) >= 11 is 0. The van der Waals surface area contributed by atoms with Gasteiger partial charge in [-0.2, -0.15) is 0 Å². The van der Waals surface area contributed by atoms with E-state index in [1.165, 1.54) is 0 Å². The fourth-order valence-corrected chi connectivity index (χ4v) is 1.37. The van der Waals surface area contributed by atoms with Gasteiger partial charge in [0.15, 0.2) is 12.1 Å². The van der Waals surface area contributed by atoms with Crippen molar-refractivity contribution in [2.75, 3.05) is 13.2 Å². The molecule has 0 aromatic carbocycles. The van der Waals surface area contributed by atoms with Crippen LogP contribution in [0.15, 0.2) is 24.4 Å². The topological polar surface area (TPSA) is 54.7 Å². The Hall–Kier alpha value is -1.17. The number of nitrogens with zero attached hydrogens (tertiary/aromatic N) is 2. The molecule has 1 radical (unpaired) electrons. The summed E-state index contributed by atoms with van der Waals surface area (Å²) in [7, 11) is 0. The number of hydrogen-bond acceptors (Lipinski definition) is 4. The van der Waals surface area contributed by atoms with Gasteiger partial charge in [-0.25, -0.2) is 9.82 Å². The number of hydrogen-bond donors (Lipinski definition) is 0. The van der Waals surface area contributed by atoms with Gasteiger partial charge in [-0.15, -0.1) is 5.48 Å². The lowest BCUT2D eigenvalue weighted by Gasteiger charge is -2.27. The third-order valence-corrected chi connectivity index (χ3v) is 2.21. The lowest BCUT2D eigenvalue weighted by atomic mass is 10.1. The van der Waals surface area contributed by atoms with E-state index in [9.17, 15) is 0 Å². The maximum absolute atomic E-state index is 5.41. The quantitative estimate of drug-likeness (QED) is 0.724. The lowest BCUT2D eigenvalue weighted by molar-refractivity contribution is -0.209. The van der Waals surface area contributed by atoms with Crippen LogP contribution < -0.4 is 5.48 Å². The van der Waals surface area contributed by atoms with Crippen molar-refractivity contribution in [1.29, 1.82) is 0 Å². The van der Waals surface area contributed by atoms with E-state index in [4.69, 9.17) is 14.3 Å². The van der Waals surface area contributed by atoms with Crippen molar-refractivity contribution >= 4 is 5.82 Å². The molecule has 1 aliphatic heterocycles. The highest BCUT2D eigenvalue weighted by Gasteiger charge is 2.36. The standard InChI is InChI=1S/C11H15N2O3/c1-11(2,10-14-7-8-15-10)16-13-9-5-3-4-6-12-9/h3-6,10H,7-8H2,1-2H3. The summed E-state index contributed by atoms with van der Waals surface area (Å²) in [6, 6.07) is 5.45. The minimum atomic E-state index is -0.617. The second kappa shape index (κ2) is 4.78. The first-order valence-corrected chi connectivity index (χ1v) is 5.22. The predicted octanol–water partition coefficient (Wildman–Crippen LogP) is 1.40. The molecule has 0 unspecified atom stereocenters. The molecule has 1 fully saturated rings. The van der Waals surface area contributed by atoms with Gasteiger partial charge < -0.3 is 9.47 Å². The molecule has 2 rings (SSSR count). The average Bonchev–Trinajstić information content (AvgIpc) is 2.82. The smallest absolute Gasteiger partial charge is 0.188 e. The number of rotatable bonds is 4. The van der Waals surface area contributed by atoms with Crippen LogP contribution in [0.2, 0.25) is 0 Å². The van der Waals surface area contributed by atoms with Gasteiger partial charge in [-0.05, 0) is 26.0 Å².